The van der Waals surface area contributed by atoms with E-state index in [9.17, 15) is 19.2 Å². The summed E-state index contributed by atoms with van der Waals surface area (Å²) in [6, 6.07) is 0. The molecule has 4 aliphatic rings. The lowest BCUT2D eigenvalue weighted by molar-refractivity contribution is -0.237. The number of fused-ring (bicyclic) bond motifs is 5. The van der Waals surface area contributed by atoms with Gasteiger partial charge in [-0.25, -0.2) is 0 Å². The summed E-state index contributed by atoms with van der Waals surface area (Å²) >= 11 is 0. The second-order valence-electron chi connectivity index (χ2n) is 14.4. The zero-order chi connectivity index (χ0) is 29.7. The molecule has 0 spiro atoms. The fourth-order valence-electron chi connectivity index (χ4n) is 10.1. The fraction of sp³-hybridized carbons (Fsp3) is 0.875. The molecule has 226 valence electrons. The fourth-order valence-corrected chi connectivity index (χ4v) is 10.1. The van der Waals surface area contributed by atoms with Crippen LogP contribution in [0.2, 0.25) is 0 Å². The molecular formula is C32H50O8. The van der Waals surface area contributed by atoms with Crippen LogP contribution >= 0.6 is 0 Å². The maximum atomic E-state index is 14.4. The van der Waals surface area contributed by atoms with Gasteiger partial charge in [-0.05, 0) is 79.4 Å². The lowest BCUT2D eigenvalue weighted by atomic mass is 9.33. The van der Waals surface area contributed by atoms with E-state index < -0.39 is 17.4 Å². The molecule has 8 heteroatoms. The Bertz CT molecular complexity index is 1040. The first-order chi connectivity index (χ1) is 18.6. The molecule has 0 unspecified atom stereocenters. The van der Waals surface area contributed by atoms with Crippen molar-refractivity contribution in [2.24, 2.45) is 44.8 Å². The van der Waals surface area contributed by atoms with Crippen LogP contribution in [0, 0.1) is 44.8 Å². The monoisotopic (exact) mass is 562 g/mol. The van der Waals surface area contributed by atoms with Crippen LogP contribution in [0.15, 0.2) is 0 Å². The molecular weight excluding hydrogens is 512 g/mol. The summed E-state index contributed by atoms with van der Waals surface area (Å²) < 4.78 is 21.7. The SMILES string of the molecule is COCCOC(=O)[C@]1(COC(C)=O)CC[C@]2(C)[C@H](CC[C@@H]3[C@@]4(C)CC[C@H](OC(C)=O)C(C)(C)[C@@H]4CC[C@]32C)C1=O. The van der Waals surface area contributed by atoms with Gasteiger partial charge in [-0.1, -0.05) is 34.6 Å². The lowest BCUT2D eigenvalue weighted by Gasteiger charge is -2.71. The first-order valence-electron chi connectivity index (χ1n) is 15.1. The number of rotatable bonds is 7. The minimum atomic E-state index is -1.47. The van der Waals surface area contributed by atoms with E-state index in [0.29, 0.717) is 31.1 Å². The van der Waals surface area contributed by atoms with E-state index in [4.69, 9.17) is 18.9 Å². The lowest BCUT2D eigenvalue weighted by Crippen LogP contribution is -2.68. The Morgan fingerprint density at radius 1 is 0.775 bits per heavy atom. The molecule has 0 radical (unpaired) electrons. The zero-order valence-electron chi connectivity index (χ0n) is 25.9. The van der Waals surface area contributed by atoms with Crippen LogP contribution in [0.1, 0.15) is 99.8 Å². The summed E-state index contributed by atoms with van der Waals surface area (Å²) in [7, 11) is 1.53. The molecule has 0 saturated heterocycles. The van der Waals surface area contributed by atoms with Gasteiger partial charge in [0.1, 0.15) is 19.3 Å². The Balaban J connectivity index is 1.65. The summed E-state index contributed by atoms with van der Waals surface area (Å²) in [5, 5.41) is 0. The van der Waals surface area contributed by atoms with Crippen molar-refractivity contribution in [2.45, 2.75) is 106 Å². The van der Waals surface area contributed by atoms with Crippen molar-refractivity contribution in [3.8, 4) is 0 Å². The molecule has 4 fully saturated rings. The van der Waals surface area contributed by atoms with Crippen LogP contribution in [0.4, 0.5) is 0 Å². The smallest absolute Gasteiger partial charge is 0.323 e. The van der Waals surface area contributed by atoms with Gasteiger partial charge in [0, 0.05) is 32.3 Å². The highest BCUT2D eigenvalue weighted by Gasteiger charge is 2.71. The highest BCUT2D eigenvalue weighted by Crippen LogP contribution is 2.74. The topological polar surface area (TPSA) is 105 Å². The van der Waals surface area contributed by atoms with Gasteiger partial charge in [-0.2, -0.15) is 0 Å². The van der Waals surface area contributed by atoms with Gasteiger partial charge < -0.3 is 18.9 Å². The quantitative estimate of drug-likeness (QED) is 0.178. The third-order valence-corrected chi connectivity index (χ3v) is 12.4. The summed E-state index contributed by atoms with van der Waals surface area (Å²) in [4.78, 5) is 51.5. The van der Waals surface area contributed by atoms with Crippen LogP contribution < -0.4 is 0 Å². The Labute approximate surface area is 239 Å². The number of Topliss-reactive ketones (excluding diaryl/α,β-unsaturated/α-hetero) is 1. The number of ether oxygens (including phenoxy) is 4. The number of esters is 3. The number of hydrogen-bond acceptors (Lipinski definition) is 8. The third kappa shape index (κ3) is 4.60. The normalized spacial score (nSPS) is 42.0. The second kappa shape index (κ2) is 10.7. The summed E-state index contributed by atoms with van der Waals surface area (Å²) in [5.41, 5.74) is -1.92. The molecule has 4 saturated carbocycles. The Hall–Kier alpha value is -1.96. The summed E-state index contributed by atoms with van der Waals surface area (Å²) in [6.07, 6.45) is 6.39. The highest BCUT2D eigenvalue weighted by atomic mass is 16.6. The van der Waals surface area contributed by atoms with Gasteiger partial charge in [0.25, 0.3) is 0 Å². The molecule has 0 amide bonds. The molecule has 8 atom stereocenters. The molecule has 4 rings (SSSR count). The molecule has 40 heavy (non-hydrogen) atoms. The van der Waals surface area contributed by atoms with Crippen molar-refractivity contribution in [3.05, 3.63) is 0 Å². The molecule has 0 heterocycles. The van der Waals surface area contributed by atoms with E-state index >= 15 is 0 Å². The minimum Gasteiger partial charge on any atom is -0.464 e. The van der Waals surface area contributed by atoms with Gasteiger partial charge in [0.2, 0.25) is 0 Å². The van der Waals surface area contributed by atoms with E-state index in [2.05, 4.69) is 34.6 Å². The van der Waals surface area contributed by atoms with E-state index in [1.54, 1.807) is 0 Å². The number of carbonyl (C=O) groups is 4. The molecule has 0 N–H and O–H groups in total. The van der Waals surface area contributed by atoms with Crippen LogP contribution in [0.25, 0.3) is 0 Å². The third-order valence-electron chi connectivity index (χ3n) is 12.4. The Morgan fingerprint density at radius 2 is 1.48 bits per heavy atom. The molecule has 0 aromatic heterocycles. The van der Waals surface area contributed by atoms with Crippen molar-refractivity contribution < 1.29 is 38.1 Å². The van der Waals surface area contributed by atoms with Crippen molar-refractivity contribution in [2.75, 3.05) is 26.9 Å². The van der Waals surface area contributed by atoms with Crippen molar-refractivity contribution in [1.29, 1.82) is 0 Å². The largest absolute Gasteiger partial charge is 0.464 e. The minimum absolute atomic E-state index is 0.0516. The van der Waals surface area contributed by atoms with Gasteiger partial charge in [-0.15, -0.1) is 0 Å². The Morgan fingerprint density at radius 3 is 2.10 bits per heavy atom. The van der Waals surface area contributed by atoms with Crippen molar-refractivity contribution in [1.82, 2.24) is 0 Å². The number of ketones is 1. The molecule has 0 aliphatic heterocycles. The van der Waals surface area contributed by atoms with Gasteiger partial charge in [0.15, 0.2) is 11.2 Å². The maximum absolute atomic E-state index is 14.4. The van der Waals surface area contributed by atoms with Crippen molar-refractivity contribution >= 4 is 23.7 Å². The molecule has 4 aliphatic carbocycles. The van der Waals surface area contributed by atoms with Gasteiger partial charge in [-0.3, -0.25) is 19.2 Å². The Kier molecular flexibility index (Phi) is 8.29. The average Bonchev–Trinajstić information content (AvgIpc) is 2.86. The average molecular weight is 563 g/mol. The first kappa shape index (κ1) is 31.0. The highest BCUT2D eigenvalue weighted by molar-refractivity contribution is 6.06. The molecule has 0 aromatic rings. The van der Waals surface area contributed by atoms with Gasteiger partial charge >= 0.3 is 17.9 Å². The number of hydrogen-bond donors (Lipinski definition) is 0. The standard InChI is InChI=1S/C32H50O8/c1-20(33)39-19-32(27(36)38-18-17-37-8)16-15-30(6)22(26(32)35)9-10-24-29(5)13-12-25(40-21(2)34)28(3,4)23(29)11-14-31(24,30)7/h22-25H,9-19H2,1-8H3/t22-,23+,24-,25+,29+,30-,31-,32+/m1/s1. The van der Waals surface area contributed by atoms with Crippen LogP contribution in [-0.2, 0) is 38.1 Å². The van der Waals surface area contributed by atoms with Crippen LogP contribution in [0.3, 0.4) is 0 Å². The number of methoxy groups -OCH3 is 1. The molecule has 0 aromatic carbocycles. The van der Waals surface area contributed by atoms with Gasteiger partial charge in [0.05, 0.1) is 6.61 Å². The summed E-state index contributed by atoms with van der Waals surface area (Å²) in [5.74, 6) is -0.941. The summed E-state index contributed by atoms with van der Waals surface area (Å²) in [6.45, 7) is 14.4. The number of carbonyl (C=O) groups excluding carboxylic acids is 4. The molecule has 0 bridgehead atoms. The zero-order valence-corrected chi connectivity index (χ0v) is 25.9. The van der Waals surface area contributed by atoms with Crippen LogP contribution in [-0.4, -0.2) is 56.7 Å². The van der Waals surface area contributed by atoms with E-state index in [0.717, 1.165) is 32.1 Å². The predicted molar refractivity (Wildman–Crippen MR) is 148 cm³/mol. The van der Waals surface area contributed by atoms with E-state index in [1.165, 1.54) is 21.0 Å². The predicted octanol–water partition coefficient (Wildman–Crippen LogP) is 5.30. The molecule has 8 nitrogen and oxygen atoms in total. The maximum Gasteiger partial charge on any atom is 0.323 e. The van der Waals surface area contributed by atoms with Crippen LogP contribution in [0.5, 0.6) is 0 Å². The second-order valence-corrected chi connectivity index (χ2v) is 14.4. The van der Waals surface area contributed by atoms with E-state index in [-0.39, 0.29) is 65.3 Å². The van der Waals surface area contributed by atoms with Crippen molar-refractivity contribution in [3.63, 3.8) is 0 Å². The van der Waals surface area contributed by atoms with E-state index in [1.807, 2.05) is 0 Å². The first-order valence-corrected chi connectivity index (χ1v) is 15.1.